The number of rotatable bonds is 5. The maximum Gasteiger partial charge on any atom is 0.256 e. The van der Waals surface area contributed by atoms with Gasteiger partial charge in [-0.05, 0) is 26.0 Å². The van der Waals surface area contributed by atoms with Crippen molar-refractivity contribution in [3.05, 3.63) is 40.2 Å². The molecule has 3 N–H and O–H groups in total. The molecule has 0 saturated carbocycles. The monoisotopic (exact) mass is 303 g/mol. The number of hydrogen-bond donors (Lipinski definition) is 2. The van der Waals surface area contributed by atoms with Crippen LogP contribution in [0.1, 0.15) is 30.2 Å². The van der Waals surface area contributed by atoms with Crippen LogP contribution < -0.4 is 16.5 Å². The molecule has 2 aromatic rings. The molecule has 1 amide bonds. The molecule has 0 bridgehead atoms. The minimum absolute atomic E-state index is 0.0928. The van der Waals surface area contributed by atoms with E-state index in [0.717, 1.165) is 5.52 Å². The topological polar surface area (TPSA) is 86.3 Å². The average molecular weight is 303 g/mol. The highest BCUT2D eigenvalue weighted by Gasteiger charge is 2.17. The van der Waals surface area contributed by atoms with E-state index >= 15 is 0 Å². The van der Waals surface area contributed by atoms with Gasteiger partial charge in [0.05, 0.1) is 17.5 Å². The number of amides is 1. The molecule has 0 spiro atoms. The predicted molar refractivity (Wildman–Crippen MR) is 87.2 cm³/mol. The molecular formula is C16H21N3O3. The Labute approximate surface area is 128 Å². The Bertz CT molecular complexity index is 750. The maximum atomic E-state index is 12.6. The Kier molecular flexibility index (Phi) is 4.82. The number of hydrogen-bond acceptors (Lipinski definition) is 4. The van der Waals surface area contributed by atoms with E-state index in [-0.39, 0.29) is 17.0 Å². The van der Waals surface area contributed by atoms with Crippen molar-refractivity contribution >= 4 is 22.5 Å². The largest absolute Gasteiger partial charge is 0.398 e. The number of nitrogens with one attached hydrogen (secondary N) is 1. The first kappa shape index (κ1) is 16.0. The second-order valence-corrected chi connectivity index (χ2v) is 5.36. The van der Waals surface area contributed by atoms with E-state index in [1.807, 2.05) is 24.5 Å². The first-order valence-corrected chi connectivity index (χ1v) is 7.17. The number of nitrogens with two attached hydrogens (primary N) is 1. The molecule has 0 radical (unpaired) electrons. The molecule has 0 aliphatic carbocycles. The number of carbonyl (C=O) groups excluding carboxylic acids is 1. The number of benzene rings is 1. The SMILES string of the molecule is COCCNC(=O)c1cn(C(C)C)c2cccc(N)c2c1=O. The maximum absolute atomic E-state index is 12.6. The molecule has 6 heteroatoms. The number of pyridine rings is 1. The smallest absolute Gasteiger partial charge is 0.256 e. The van der Waals surface area contributed by atoms with Gasteiger partial charge in [-0.25, -0.2) is 0 Å². The van der Waals surface area contributed by atoms with Crippen LogP contribution in [-0.4, -0.2) is 30.7 Å². The minimum Gasteiger partial charge on any atom is -0.398 e. The third kappa shape index (κ3) is 2.96. The molecule has 0 atom stereocenters. The second-order valence-electron chi connectivity index (χ2n) is 5.36. The van der Waals surface area contributed by atoms with E-state index in [0.29, 0.717) is 24.2 Å². The molecule has 1 heterocycles. The van der Waals surface area contributed by atoms with Crippen LogP contribution in [0, 0.1) is 0 Å². The third-order valence-electron chi connectivity index (χ3n) is 3.49. The van der Waals surface area contributed by atoms with Crippen LogP contribution in [0.4, 0.5) is 5.69 Å². The number of nitrogen functional groups attached to an aromatic ring is 1. The Balaban J connectivity index is 2.61. The molecule has 22 heavy (non-hydrogen) atoms. The van der Waals surface area contributed by atoms with Gasteiger partial charge in [0.1, 0.15) is 5.56 Å². The van der Waals surface area contributed by atoms with Crippen LogP contribution in [0.2, 0.25) is 0 Å². The van der Waals surface area contributed by atoms with Gasteiger partial charge in [0.2, 0.25) is 5.43 Å². The molecule has 1 aromatic heterocycles. The van der Waals surface area contributed by atoms with Crippen LogP contribution in [0.15, 0.2) is 29.2 Å². The Hall–Kier alpha value is -2.34. The first-order chi connectivity index (χ1) is 10.5. The van der Waals surface area contributed by atoms with Gasteiger partial charge in [0.25, 0.3) is 5.91 Å². The van der Waals surface area contributed by atoms with Crippen LogP contribution in [0.5, 0.6) is 0 Å². The second kappa shape index (κ2) is 6.62. The van der Waals surface area contributed by atoms with Gasteiger partial charge in [-0.15, -0.1) is 0 Å². The number of anilines is 1. The Morgan fingerprint density at radius 2 is 2.14 bits per heavy atom. The fourth-order valence-electron chi connectivity index (χ4n) is 2.37. The number of aromatic nitrogens is 1. The number of ether oxygens (including phenoxy) is 1. The van der Waals surface area contributed by atoms with Crippen LogP contribution in [0.25, 0.3) is 10.9 Å². The van der Waals surface area contributed by atoms with E-state index in [9.17, 15) is 9.59 Å². The Morgan fingerprint density at radius 1 is 1.41 bits per heavy atom. The third-order valence-corrected chi connectivity index (χ3v) is 3.49. The molecule has 0 aliphatic rings. The van der Waals surface area contributed by atoms with Crippen molar-refractivity contribution in [1.29, 1.82) is 0 Å². The van der Waals surface area contributed by atoms with Crippen molar-refractivity contribution in [3.8, 4) is 0 Å². The van der Waals surface area contributed by atoms with E-state index in [2.05, 4.69) is 5.32 Å². The lowest BCUT2D eigenvalue weighted by molar-refractivity contribution is 0.0935. The highest BCUT2D eigenvalue weighted by atomic mass is 16.5. The van der Waals surface area contributed by atoms with Gasteiger partial charge < -0.3 is 20.4 Å². The zero-order valence-corrected chi connectivity index (χ0v) is 13.1. The summed E-state index contributed by atoms with van der Waals surface area (Å²) in [5.41, 5.74) is 6.81. The van der Waals surface area contributed by atoms with Gasteiger partial charge in [-0.1, -0.05) is 6.07 Å². The molecule has 0 saturated heterocycles. The molecule has 118 valence electrons. The molecule has 6 nitrogen and oxygen atoms in total. The summed E-state index contributed by atoms with van der Waals surface area (Å²) < 4.78 is 6.78. The van der Waals surface area contributed by atoms with Crippen molar-refractivity contribution < 1.29 is 9.53 Å². The fraction of sp³-hybridized carbons (Fsp3) is 0.375. The van der Waals surface area contributed by atoms with Gasteiger partial charge >= 0.3 is 0 Å². The van der Waals surface area contributed by atoms with E-state index < -0.39 is 5.91 Å². The number of carbonyl (C=O) groups is 1. The standard InChI is InChI=1S/C16H21N3O3/c1-10(2)19-9-11(16(21)18-7-8-22-3)15(20)14-12(17)5-4-6-13(14)19/h4-6,9-10H,7-8,17H2,1-3H3,(H,18,21). The predicted octanol–water partition coefficient (Wildman–Crippen LogP) is 1.54. The molecule has 0 fully saturated rings. The van der Waals surface area contributed by atoms with Crippen LogP contribution >= 0.6 is 0 Å². The lowest BCUT2D eigenvalue weighted by Crippen LogP contribution is -2.32. The number of nitrogens with zero attached hydrogens (tertiary/aromatic N) is 1. The summed E-state index contributed by atoms with van der Waals surface area (Å²) in [6.45, 7) is 4.71. The summed E-state index contributed by atoms with van der Waals surface area (Å²) in [6, 6.07) is 5.39. The van der Waals surface area contributed by atoms with Gasteiger partial charge in [-0.2, -0.15) is 0 Å². The fourth-order valence-corrected chi connectivity index (χ4v) is 2.37. The van der Waals surface area contributed by atoms with Crippen molar-refractivity contribution in [3.63, 3.8) is 0 Å². The molecule has 1 aromatic carbocycles. The van der Waals surface area contributed by atoms with Crippen molar-refractivity contribution in [2.75, 3.05) is 26.0 Å². The highest BCUT2D eigenvalue weighted by molar-refractivity contribution is 6.00. The molecule has 0 unspecified atom stereocenters. The molecule has 0 aliphatic heterocycles. The first-order valence-electron chi connectivity index (χ1n) is 7.17. The van der Waals surface area contributed by atoms with E-state index in [1.165, 1.54) is 0 Å². The number of fused-ring (bicyclic) bond motifs is 1. The number of methoxy groups -OCH3 is 1. The van der Waals surface area contributed by atoms with Crippen molar-refractivity contribution in [1.82, 2.24) is 9.88 Å². The van der Waals surface area contributed by atoms with Gasteiger partial charge in [0, 0.05) is 31.6 Å². The summed E-state index contributed by atoms with van der Waals surface area (Å²) in [4.78, 5) is 24.9. The summed E-state index contributed by atoms with van der Waals surface area (Å²) in [7, 11) is 1.55. The average Bonchev–Trinajstić information content (AvgIpc) is 2.47. The summed E-state index contributed by atoms with van der Waals surface area (Å²) in [6.07, 6.45) is 1.59. The summed E-state index contributed by atoms with van der Waals surface area (Å²) >= 11 is 0. The zero-order valence-electron chi connectivity index (χ0n) is 13.1. The quantitative estimate of drug-likeness (QED) is 0.648. The van der Waals surface area contributed by atoms with Gasteiger partial charge in [0.15, 0.2) is 0 Å². The van der Waals surface area contributed by atoms with Crippen molar-refractivity contribution in [2.24, 2.45) is 0 Å². The van der Waals surface area contributed by atoms with E-state index in [1.54, 1.807) is 25.4 Å². The van der Waals surface area contributed by atoms with Crippen LogP contribution in [0.3, 0.4) is 0 Å². The van der Waals surface area contributed by atoms with Gasteiger partial charge in [-0.3, -0.25) is 9.59 Å². The van der Waals surface area contributed by atoms with E-state index in [4.69, 9.17) is 10.5 Å². The molecular weight excluding hydrogens is 282 g/mol. The lowest BCUT2D eigenvalue weighted by atomic mass is 10.1. The van der Waals surface area contributed by atoms with Crippen molar-refractivity contribution in [2.45, 2.75) is 19.9 Å². The highest BCUT2D eigenvalue weighted by Crippen LogP contribution is 2.21. The lowest BCUT2D eigenvalue weighted by Gasteiger charge is -2.17. The minimum atomic E-state index is -0.415. The normalized spacial score (nSPS) is 11.1. The zero-order chi connectivity index (χ0) is 16.3. The Morgan fingerprint density at radius 3 is 2.77 bits per heavy atom. The molecule has 2 rings (SSSR count). The summed E-state index contributed by atoms with van der Waals surface area (Å²) in [5.74, 6) is -0.415. The van der Waals surface area contributed by atoms with Crippen LogP contribution in [-0.2, 0) is 4.74 Å². The summed E-state index contributed by atoms with van der Waals surface area (Å²) in [5, 5.41) is 3.06.